The van der Waals surface area contributed by atoms with Crippen molar-refractivity contribution in [3.8, 4) is 0 Å². The van der Waals surface area contributed by atoms with Gasteiger partial charge in [0.15, 0.2) is 0 Å². The lowest BCUT2D eigenvalue weighted by atomic mass is 10.2. The van der Waals surface area contributed by atoms with Crippen LogP contribution in [0.4, 0.5) is 4.39 Å². The molecule has 2 nitrogen and oxygen atoms in total. The Morgan fingerprint density at radius 3 is 2.67 bits per heavy atom. The van der Waals surface area contributed by atoms with Gasteiger partial charge in [0.2, 0.25) is 0 Å². The second-order valence-corrected chi connectivity index (χ2v) is 3.59. The summed E-state index contributed by atoms with van der Waals surface area (Å²) < 4.78 is 13.0. The molecule has 0 fully saturated rings. The Morgan fingerprint density at radius 1 is 1.58 bits per heavy atom. The summed E-state index contributed by atoms with van der Waals surface area (Å²) in [7, 11) is 0. The Hall–Kier alpha value is -0.360. The summed E-state index contributed by atoms with van der Waals surface area (Å²) in [6, 6.07) is 2.07. The highest BCUT2D eigenvalue weighted by Gasteiger charge is 2.12. The van der Waals surface area contributed by atoms with E-state index >= 15 is 0 Å². The van der Waals surface area contributed by atoms with E-state index in [1.165, 1.54) is 6.07 Å². The summed E-state index contributed by atoms with van der Waals surface area (Å²) in [5.74, 6) is -1.82. The molecule has 0 heterocycles. The predicted molar refractivity (Wildman–Crippen MR) is 51.1 cm³/mol. The van der Waals surface area contributed by atoms with Crippen LogP contribution in [0.5, 0.6) is 0 Å². The van der Waals surface area contributed by atoms with Crippen molar-refractivity contribution in [2.45, 2.75) is 0 Å². The van der Waals surface area contributed by atoms with Crippen molar-refractivity contribution < 1.29 is 14.3 Å². The SMILES string of the molecule is O=C(O)c1cc(F)cc(I)c1Cl. The fraction of sp³-hybridized carbons (Fsp3) is 0. The standard InChI is InChI=1S/C7H3ClFIO2/c8-6-4(7(11)12)1-3(9)2-5(6)10/h1-2H,(H,11,12). The lowest BCUT2D eigenvalue weighted by molar-refractivity contribution is 0.0696. The van der Waals surface area contributed by atoms with E-state index in [0.29, 0.717) is 3.57 Å². The van der Waals surface area contributed by atoms with Crippen LogP contribution in [0.2, 0.25) is 5.02 Å². The molecule has 1 rings (SSSR count). The third-order valence-electron chi connectivity index (χ3n) is 1.22. The van der Waals surface area contributed by atoms with E-state index < -0.39 is 11.8 Å². The summed E-state index contributed by atoms with van der Waals surface area (Å²) in [6.45, 7) is 0. The predicted octanol–water partition coefficient (Wildman–Crippen LogP) is 2.78. The Labute approximate surface area is 86.5 Å². The molecule has 0 radical (unpaired) electrons. The van der Waals surface area contributed by atoms with Crippen molar-refractivity contribution >= 4 is 40.2 Å². The van der Waals surface area contributed by atoms with Gasteiger partial charge in [-0.05, 0) is 34.7 Å². The van der Waals surface area contributed by atoms with Gasteiger partial charge in [-0.3, -0.25) is 0 Å². The lowest BCUT2D eigenvalue weighted by Crippen LogP contribution is -1.99. The zero-order valence-electron chi connectivity index (χ0n) is 5.64. The molecule has 1 N–H and O–H groups in total. The normalized spacial score (nSPS) is 9.92. The molecule has 0 spiro atoms. The molecule has 0 aliphatic rings. The molecule has 0 atom stereocenters. The van der Waals surface area contributed by atoms with Gasteiger partial charge in [0.1, 0.15) is 5.82 Å². The quantitative estimate of drug-likeness (QED) is 0.639. The molecule has 0 aromatic heterocycles. The fourth-order valence-electron chi connectivity index (χ4n) is 0.712. The average molecular weight is 300 g/mol. The molecule has 64 valence electrons. The number of carboxylic acids is 1. The van der Waals surface area contributed by atoms with E-state index in [9.17, 15) is 9.18 Å². The molecule has 12 heavy (non-hydrogen) atoms. The molecule has 1 aromatic rings. The van der Waals surface area contributed by atoms with Crippen LogP contribution in [0, 0.1) is 9.39 Å². The van der Waals surface area contributed by atoms with Crippen LogP contribution in [-0.4, -0.2) is 11.1 Å². The third-order valence-corrected chi connectivity index (χ3v) is 2.80. The van der Waals surface area contributed by atoms with Gasteiger partial charge >= 0.3 is 5.97 Å². The summed E-state index contributed by atoms with van der Waals surface area (Å²) in [4.78, 5) is 10.5. The molecule has 0 bridgehead atoms. The first-order valence-electron chi connectivity index (χ1n) is 2.90. The van der Waals surface area contributed by atoms with E-state index in [1.807, 2.05) is 0 Å². The maximum atomic E-state index is 12.6. The van der Waals surface area contributed by atoms with Crippen molar-refractivity contribution in [1.82, 2.24) is 0 Å². The number of halogens is 3. The Bertz CT molecular complexity index is 340. The van der Waals surface area contributed by atoms with Crippen molar-refractivity contribution in [2.24, 2.45) is 0 Å². The van der Waals surface area contributed by atoms with Crippen LogP contribution in [0.1, 0.15) is 10.4 Å². The number of hydrogen-bond acceptors (Lipinski definition) is 1. The van der Waals surface area contributed by atoms with Crippen LogP contribution in [-0.2, 0) is 0 Å². The minimum absolute atomic E-state index is 0.0736. The summed E-state index contributed by atoms with van der Waals surface area (Å²) in [6.07, 6.45) is 0. The smallest absolute Gasteiger partial charge is 0.337 e. The highest BCUT2D eigenvalue weighted by molar-refractivity contribution is 14.1. The van der Waals surface area contributed by atoms with Crippen molar-refractivity contribution in [3.63, 3.8) is 0 Å². The highest BCUT2D eigenvalue weighted by Crippen LogP contribution is 2.24. The summed E-state index contributed by atoms with van der Waals surface area (Å²) in [5.41, 5.74) is -0.207. The number of carbonyl (C=O) groups is 1. The van der Waals surface area contributed by atoms with Crippen molar-refractivity contribution in [2.75, 3.05) is 0 Å². The monoisotopic (exact) mass is 300 g/mol. The zero-order valence-corrected chi connectivity index (χ0v) is 8.56. The molecule has 1 aromatic carbocycles. The number of hydrogen-bond donors (Lipinski definition) is 1. The zero-order chi connectivity index (χ0) is 9.30. The number of benzene rings is 1. The average Bonchev–Trinajstić information content (AvgIpc) is 1.96. The van der Waals surface area contributed by atoms with Gasteiger partial charge in [0.05, 0.1) is 10.6 Å². The van der Waals surface area contributed by atoms with E-state index in [1.54, 1.807) is 22.6 Å². The van der Waals surface area contributed by atoms with Crippen molar-refractivity contribution in [3.05, 3.63) is 32.1 Å². The molecule has 0 unspecified atom stereocenters. The molecular weight excluding hydrogens is 297 g/mol. The summed E-state index contributed by atoms with van der Waals surface area (Å²) in [5, 5.41) is 8.63. The largest absolute Gasteiger partial charge is 0.478 e. The molecule has 0 aliphatic carbocycles. The molecular formula is C7H3ClFIO2. The minimum Gasteiger partial charge on any atom is -0.478 e. The topological polar surface area (TPSA) is 37.3 Å². The molecule has 0 amide bonds. The van der Waals surface area contributed by atoms with Gasteiger partial charge in [-0.2, -0.15) is 0 Å². The Kier molecular flexibility index (Phi) is 2.89. The van der Waals surface area contributed by atoms with Crippen LogP contribution >= 0.6 is 34.2 Å². The first kappa shape index (κ1) is 9.73. The van der Waals surface area contributed by atoms with E-state index in [-0.39, 0.29) is 10.6 Å². The van der Waals surface area contributed by atoms with Crippen LogP contribution in [0.15, 0.2) is 12.1 Å². The minimum atomic E-state index is -1.22. The van der Waals surface area contributed by atoms with Crippen LogP contribution < -0.4 is 0 Å². The third kappa shape index (κ3) is 1.87. The summed E-state index contributed by atoms with van der Waals surface area (Å²) >= 11 is 7.38. The van der Waals surface area contributed by atoms with Gasteiger partial charge in [-0.25, -0.2) is 9.18 Å². The van der Waals surface area contributed by atoms with Crippen molar-refractivity contribution in [1.29, 1.82) is 0 Å². The van der Waals surface area contributed by atoms with E-state index in [4.69, 9.17) is 16.7 Å². The molecule has 0 aliphatic heterocycles. The lowest BCUT2D eigenvalue weighted by Gasteiger charge is -2.00. The fourth-order valence-corrected chi connectivity index (χ4v) is 1.49. The van der Waals surface area contributed by atoms with Crippen LogP contribution in [0.25, 0.3) is 0 Å². The first-order valence-corrected chi connectivity index (χ1v) is 4.36. The Morgan fingerprint density at radius 2 is 2.17 bits per heavy atom. The maximum Gasteiger partial charge on any atom is 0.337 e. The number of carboxylic acid groups (broad SMARTS) is 1. The van der Waals surface area contributed by atoms with E-state index in [0.717, 1.165) is 6.07 Å². The first-order chi connectivity index (χ1) is 5.52. The Balaban J connectivity index is 3.37. The highest BCUT2D eigenvalue weighted by atomic mass is 127. The molecule has 0 saturated heterocycles. The number of rotatable bonds is 1. The molecule has 5 heteroatoms. The second-order valence-electron chi connectivity index (χ2n) is 2.05. The van der Waals surface area contributed by atoms with E-state index in [2.05, 4.69) is 0 Å². The van der Waals surface area contributed by atoms with Gasteiger partial charge < -0.3 is 5.11 Å². The molecule has 0 saturated carbocycles. The van der Waals surface area contributed by atoms with Gasteiger partial charge in [-0.15, -0.1) is 0 Å². The van der Waals surface area contributed by atoms with Crippen LogP contribution in [0.3, 0.4) is 0 Å². The van der Waals surface area contributed by atoms with Gasteiger partial charge in [0.25, 0.3) is 0 Å². The van der Waals surface area contributed by atoms with Gasteiger partial charge in [0, 0.05) is 3.57 Å². The maximum absolute atomic E-state index is 12.6. The number of aromatic carboxylic acids is 1. The second kappa shape index (κ2) is 3.57. The van der Waals surface area contributed by atoms with Gasteiger partial charge in [-0.1, -0.05) is 11.6 Å².